The van der Waals surface area contributed by atoms with E-state index in [2.05, 4.69) is 38.1 Å². The molecule has 0 atom stereocenters. The van der Waals surface area contributed by atoms with Crippen molar-refractivity contribution in [3.8, 4) is 11.5 Å². The summed E-state index contributed by atoms with van der Waals surface area (Å²) in [5, 5.41) is 36.2. The average molecular weight is 500 g/mol. The molecule has 10 nitrogen and oxygen atoms in total. The monoisotopic (exact) mass is 500 g/mol. The summed E-state index contributed by atoms with van der Waals surface area (Å²) in [7, 11) is 1.55. The van der Waals surface area contributed by atoms with E-state index in [9.17, 15) is 5.11 Å². The molecule has 3 aromatic rings. The van der Waals surface area contributed by atoms with Gasteiger partial charge in [-0.3, -0.25) is 4.40 Å². The van der Waals surface area contributed by atoms with Crippen molar-refractivity contribution in [1.29, 1.82) is 0 Å². The smallest absolute Gasteiger partial charge is 0.414 e. The van der Waals surface area contributed by atoms with Crippen LogP contribution in [0.3, 0.4) is 0 Å². The number of nitrogens with zero attached hydrogens (tertiary/aromatic N) is 3. The highest BCUT2D eigenvalue weighted by Gasteiger charge is 2.09. The summed E-state index contributed by atoms with van der Waals surface area (Å²) in [5.74, 6) is -2.13. The van der Waals surface area contributed by atoms with E-state index in [1.165, 1.54) is 0 Å². The van der Waals surface area contributed by atoms with Crippen LogP contribution in [-0.2, 0) is 22.7 Å². The quantitative estimate of drug-likeness (QED) is 0.302. The number of ether oxygens (including phenoxy) is 1. The third-order valence-electron chi connectivity index (χ3n) is 3.49. The van der Waals surface area contributed by atoms with Crippen LogP contribution in [0, 0.1) is 3.57 Å². The maximum atomic E-state index is 9.84. The van der Waals surface area contributed by atoms with Crippen LogP contribution in [-0.4, -0.2) is 49.0 Å². The van der Waals surface area contributed by atoms with Crippen molar-refractivity contribution in [3.63, 3.8) is 0 Å². The Balaban J connectivity index is 0.000000409. The van der Waals surface area contributed by atoms with E-state index < -0.39 is 11.9 Å². The van der Waals surface area contributed by atoms with Gasteiger partial charge in [0.25, 0.3) is 0 Å². The summed E-state index contributed by atoms with van der Waals surface area (Å²) in [6.45, 7) is 1.25. The van der Waals surface area contributed by atoms with Gasteiger partial charge in [0.1, 0.15) is 0 Å². The number of aromatic hydroxyl groups is 1. The molecule has 0 aliphatic carbocycles. The minimum absolute atomic E-state index is 0.176. The largest absolute Gasteiger partial charge is 0.504 e. The van der Waals surface area contributed by atoms with Gasteiger partial charge in [0.05, 0.1) is 17.2 Å². The highest BCUT2D eigenvalue weighted by atomic mass is 127. The van der Waals surface area contributed by atoms with Gasteiger partial charge in [0, 0.05) is 12.7 Å². The van der Waals surface area contributed by atoms with Gasteiger partial charge in [-0.1, -0.05) is 6.07 Å². The van der Waals surface area contributed by atoms with Crippen LogP contribution in [0.2, 0.25) is 0 Å². The van der Waals surface area contributed by atoms with Crippen LogP contribution in [0.15, 0.2) is 36.5 Å². The maximum Gasteiger partial charge on any atom is 0.414 e. The van der Waals surface area contributed by atoms with E-state index in [1.54, 1.807) is 7.11 Å². The van der Waals surface area contributed by atoms with Crippen molar-refractivity contribution in [1.82, 2.24) is 19.9 Å². The van der Waals surface area contributed by atoms with Crippen molar-refractivity contribution in [3.05, 3.63) is 51.5 Å². The van der Waals surface area contributed by atoms with E-state index in [0.717, 1.165) is 20.6 Å². The number of hydrogen-bond donors (Lipinski definition) is 4. The van der Waals surface area contributed by atoms with Crippen molar-refractivity contribution < 1.29 is 29.6 Å². The number of phenolic OH excluding ortho intramolecular Hbond substituents is 1. The molecule has 1 aromatic carbocycles. The molecule has 0 saturated carbocycles. The highest BCUT2D eigenvalue weighted by Crippen LogP contribution is 2.32. The summed E-state index contributed by atoms with van der Waals surface area (Å²) in [5.41, 5.74) is 1.87. The molecule has 0 spiro atoms. The van der Waals surface area contributed by atoms with Gasteiger partial charge in [-0.15, -0.1) is 10.2 Å². The fourth-order valence-corrected chi connectivity index (χ4v) is 2.88. The first-order valence-corrected chi connectivity index (χ1v) is 8.92. The third kappa shape index (κ3) is 5.53. The van der Waals surface area contributed by atoms with Crippen molar-refractivity contribution in [2.24, 2.45) is 0 Å². The first kappa shape index (κ1) is 21.4. The highest BCUT2D eigenvalue weighted by molar-refractivity contribution is 14.1. The normalized spacial score (nSPS) is 10.2. The number of carbonyl (C=O) groups is 2. The number of benzene rings is 1. The summed E-state index contributed by atoms with van der Waals surface area (Å²) < 4.78 is 7.89. The van der Waals surface area contributed by atoms with Gasteiger partial charge < -0.3 is 25.4 Å². The molecule has 0 fully saturated rings. The van der Waals surface area contributed by atoms with Gasteiger partial charge in [-0.05, 0) is 52.4 Å². The number of rotatable bonds is 5. The molecule has 0 radical (unpaired) electrons. The minimum atomic E-state index is -1.82. The van der Waals surface area contributed by atoms with Crippen LogP contribution < -0.4 is 10.1 Å². The van der Waals surface area contributed by atoms with Crippen LogP contribution in [0.25, 0.3) is 5.65 Å². The van der Waals surface area contributed by atoms with Gasteiger partial charge in [0.15, 0.2) is 23.0 Å². The zero-order valence-corrected chi connectivity index (χ0v) is 16.8. The number of carboxylic acids is 2. The molecule has 148 valence electrons. The molecule has 2 heterocycles. The Hall–Kier alpha value is -2.93. The minimum Gasteiger partial charge on any atom is -0.504 e. The molecule has 0 bridgehead atoms. The first-order chi connectivity index (χ1) is 13.3. The number of methoxy groups -OCH3 is 1. The number of phenols is 1. The standard InChI is InChI=1S/C15H15IN4O2.C2H2O4/c1-22-12-7-10(6-11(16)15(12)21)8-17-9-14-19-18-13-4-2-3-5-20(13)14;3-1(4)2(5)6/h2-7,17,21H,8-9H2,1H3;(H,3,4)(H,5,6). The van der Waals surface area contributed by atoms with E-state index in [1.807, 2.05) is 40.9 Å². The van der Waals surface area contributed by atoms with Crippen molar-refractivity contribution in [2.45, 2.75) is 13.1 Å². The SMILES string of the molecule is COc1cc(CNCc2nnc3ccccn23)cc(I)c1O.O=C(O)C(=O)O. The Morgan fingerprint density at radius 3 is 2.54 bits per heavy atom. The molecule has 0 aliphatic heterocycles. The molecule has 0 saturated heterocycles. The van der Waals surface area contributed by atoms with Crippen molar-refractivity contribution in [2.75, 3.05) is 7.11 Å². The summed E-state index contributed by atoms with van der Waals surface area (Å²) in [4.78, 5) is 18.2. The first-order valence-electron chi connectivity index (χ1n) is 7.84. The van der Waals surface area contributed by atoms with Crippen LogP contribution in [0.1, 0.15) is 11.4 Å². The average Bonchev–Trinajstić information content (AvgIpc) is 3.08. The molecule has 0 aliphatic rings. The Morgan fingerprint density at radius 1 is 1.18 bits per heavy atom. The van der Waals surface area contributed by atoms with E-state index in [4.69, 9.17) is 24.5 Å². The Morgan fingerprint density at radius 2 is 1.89 bits per heavy atom. The predicted octanol–water partition coefficient (Wildman–Crippen LogP) is 1.49. The third-order valence-corrected chi connectivity index (χ3v) is 4.31. The van der Waals surface area contributed by atoms with Gasteiger partial charge >= 0.3 is 11.9 Å². The summed E-state index contributed by atoms with van der Waals surface area (Å²) >= 11 is 2.09. The zero-order chi connectivity index (χ0) is 20.7. The Kier molecular flexibility index (Phi) is 7.52. The molecule has 28 heavy (non-hydrogen) atoms. The molecule has 0 unspecified atom stereocenters. The second-order valence-corrected chi connectivity index (χ2v) is 6.55. The molecule has 2 aromatic heterocycles. The fourth-order valence-electron chi connectivity index (χ4n) is 2.22. The number of halogens is 1. The number of hydrogen-bond acceptors (Lipinski definition) is 7. The molecular weight excluding hydrogens is 483 g/mol. The Labute approximate surface area is 172 Å². The molecule has 11 heteroatoms. The van der Waals surface area contributed by atoms with Gasteiger partial charge in [-0.2, -0.15) is 0 Å². The second-order valence-electron chi connectivity index (χ2n) is 5.39. The van der Waals surface area contributed by atoms with Crippen LogP contribution >= 0.6 is 22.6 Å². The summed E-state index contributed by atoms with van der Waals surface area (Å²) in [6, 6.07) is 9.56. The maximum absolute atomic E-state index is 9.84. The molecule has 3 rings (SSSR count). The molecule has 0 amide bonds. The van der Waals surface area contributed by atoms with Gasteiger partial charge in [0.2, 0.25) is 0 Å². The Bertz CT molecular complexity index is 979. The number of pyridine rings is 1. The zero-order valence-electron chi connectivity index (χ0n) is 14.7. The number of nitrogens with one attached hydrogen (secondary N) is 1. The van der Waals surface area contributed by atoms with E-state index in [0.29, 0.717) is 18.8 Å². The number of aromatic nitrogens is 3. The summed E-state index contributed by atoms with van der Waals surface area (Å²) in [6.07, 6.45) is 1.94. The lowest BCUT2D eigenvalue weighted by Gasteiger charge is -2.09. The van der Waals surface area contributed by atoms with Gasteiger partial charge in [-0.25, -0.2) is 9.59 Å². The van der Waals surface area contributed by atoms with E-state index in [-0.39, 0.29) is 5.75 Å². The van der Waals surface area contributed by atoms with E-state index >= 15 is 0 Å². The lowest BCUT2D eigenvalue weighted by molar-refractivity contribution is -0.159. The van der Waals surface area contributed by atoms with Crippen molar-refractivity contribution >= 4 is 40.2 Å². The number of carboxylic acid groups (broad SMARTS) is 2. The molecular formula is C17H17IN4O6. The van der Waals surface area contributed by atoms with Crippen LogP contribution in [0.5, 0.6) is 11.5 Å². The lowest BCUT2D eigenvalue weighted by atomic mass is 10.2. The number of fused-ring (bicyclic) bond motifs is 1. The lowest BCUT2D eigenvalue weighted by Crippen LogP contribution is -2.15. The topological polar surface area (TPSA) is 146 Å². The number of aliphatic carboxylic acids is 2. The van der Waals surface area contributed by atoms with Crippen LogP contribution in [0.4, 0.5) is 0 Å². The predicted molar refractivity (Wildman–Crippen MR) is 106 cm³/mol. The fraction of sp³-hybridized carbons (Fsp3) is 0.176. The second kappa shape index (κ2) is 9.85. The molecule has 4 N–H and O–H groups in total.